The molecule has 4 heteroatoms. The summed E-state index contributed by atoms with van der Waals surface area (Å²) in [6.07, 6.45) is 5.09. The van der Waals surface area contributed by atoms with E-state index in [1.165, 1.54) is 5.56 Å². The molecule has 0 spiro atoms. The smallest absolute Gasteiger partial charge is 0.227 e. The van der Waals surface area contributed by atoms with Gasteiger partial charge < -0.3 is 10.6 Å². The zero-order valence-corrected chi connectivity index (χ0v) is 13.4. The lowest BCUT2D eigenvalue weighted by molar-refractivity contribution is -0.133. The van der Waals surface area contributed by atoms with Gasteiger partial charge in [0.25, 0.3) is 0 Å². The zero-order valence-electron chi connectivity index (χ0n) is 12.6. The fraction of sp³-hybridized carbons (Fsp3) is 0.688. The molecule has 2 N–H and O–H groups in total. The third-order valence-electron chi connectivity index (χ3n) is 4.18. The first-order chi connectivity index (χ1) is 9.66. The summed E-state index contributed by atoms with van der Waals surface area (Å²) in [5.74, 6) is 0.245. The molecule has 3 nitrogen and oxygen atoms in total. The molecule has 1 aromatic rings. The summed E-state index contributed by atoms with van der Waals surface area (Å²) in [5, 5.41) is 10.9. The van der Waals surface area contributed by atoms with Crippen molar-refractivity contribution >= 4 is 17.2 Å². The Balaban J connectivity index is 1.93. The second kappa shape index (κ2) is 7.23. The van der Waals surface area contributed by atoms with Gasteiger partial charge in [-0.25, -0.2) is 0 Å². The fourth-order valence-electron chi connectivity index (χ4n) is 3.16. The highest BCUT2D eigenvalue weighted by atomic mass is 32.1. The van der Waals surface area contributed by atoms with Crippen LogP contribution in [0.15, 0.2) is 16.8 Å². The number of nitrogens with one attached hydrogen (secondary N) is 2. The summed E-state index contributed by atoms with van der Waals surface area (Å²) < 4.78 is 0. The van der Waals surface area contributed by atoms with Crippen LogP contribution in [0.5, 0.6) is 0 Å². The average molecular weight is 294 g/mol. The second-order valence-corrected chi connectivity index (χ2v) is 6.80. The van der Waals surface area contributed by atoms with Crippen LogP contribution in [-0.2, 0) is 11.2 Å². The molecule has 0 bridgehead atoms. The molecule has 2 atom stereocenters. The third kappa shape index (κ3) is 3.83. The second-order valence-electron chi connectivity index (χ2n) is 6.02. The van der Waals surface area contributed by atoms with Gasteiger partial charge in [0.2, 0.25) is 5.91 Å². The van der Waals surface area contributed by atoms with E-state index in [4.69, 9.17) is 0 Å². The lowest BCUT2D eigenvalue weighted by atomic mass is 9.76. The van der Waals surface area contributed by atoms with E-state index in [9.17, 15) is 4.79 Å². The largest absolute Gasteiger partial charge is 0.353 e. The van der Waals surface area contributed by atoms with Gasteiger partial charge in [0.15, 0.2) is 0 Å². The van der Waals surface area contributed by atoms with Crippen LogP contribution in [0, 0.1) is 5.41 Å². The Morgan fingerprint density at radius 2 is 2.45 bits per heavy atom. The molecule has 1 saturated heterocycles. The summed E-state index contributed by atoms with van der Waals surface area (Å²) in [7, 11) is 0. The SMILES string of the molecule is CCCC1(C(=O)NC(C)Cc2ccsc2)CCCNC1. The molecule has 1 aliphatic heterocycles. The Morgan fingerprint density at radius 1 is 1.60 bits per heavy atom. The van der Waals surface area contributed by atoms with Crippen molar-refractivity contribution in [1.82, 2.24) is 10.6 Å². The molecule has 0 radical (unpaired) electrons. The van der Waals surface area contributed by atoms with Crippen molar-refractivity contribution in [2.24, 2.45) is 5.41 Å². The van der Waals surface area contributed by atoms with Gasteiger partial charge in [-0.3, -0.25) is 4.79 Å². The van der Waals surface area contributed by atoms with Gasteiger partial charge in [0.1, 0.15) is 0 Å². The van der Waals surface area contributed by atoms with Crippen molar-refractivity contribution in [1.29, 1.82) is 0 Å². The number of amides is 1. The highest BCUT2D eigenvalue weighted by Crippen LogP contribution is 2.32. The molecule has 112 valence electrons. The van der Waals surface area contributed by atoms with E-state index in [1.807, 2.05) is 0 Å². The number of piperidine rings is 1. The van der Waals surface area contributed by atoms with Crippen LogP contribution >= 0.6 is 11.3 Å². The zero-order chi connectivity index (χ0) is 14.4. The van der Waals surface area contributed by atoms with Gasteiger partial charge in [0.05, 0.1) is 5.41 Å². The number of hydrogen-bond donors (Lipinski definition) is 2. The highest BCUT2D eigenvalue weighted by molar-refractivity contribution is 7.07. The monoisotopic (exact) mass is 294 g/mol. The number of rotatable bonds is 6. The summed E-state index contributed by atoms with van der Waals surface area (Å²) in [6.45, 7) is 6.14. The molecule has 2 rings (SSSR count). The third-order valence-corrected chi connectivity index (χ3v) is 4.91. The molecule has 0 aromatic carbocycles. The van der Waals surface area contributed by atoms with Gasteiger partial charge in [-0.05, 0) is 61.5 Å². The number of carbonyl (C=O) groups is 1. The molecule has 0 saturated carbocycles. The minimum Gasteiger partial charge on any atom is -0.353 e. The van der Waals surface area contributed by atoms with Crippen molar-refractivity contribution in [3.8, 4) is 0 Å². The molecule has 1 fully saturated rings. The van der Waals surface area contributed by atoms with E-state index in [2.05, 4.69) is 41.3 Å². The van der Waals surface area contributed by atoms with Gasteiger partial charge in [0, 0.05) is 12.6 Å². The standard InChI is InChI=1S/C16H26N2OS/c1-3-6-16(7-4-8-17-12-16)15(19)18-13(2)10-14-5-9-20-11-14/h5,9,11,13,17H,3-4,6-8,10,12H2,1-2H3,(H,18,19). The van der Waals surface area contributed by atoms with E-state index < -0.39 is 0 Å². The van der Waals surface area contributed by atoms with Crippen LogP contribution in [-0.4, -0.2) is 25.0 Å². The molecule has 2 heterocycles. The summed E-state index contributed by atoms with van der Waals surface area (Å²) >= 11 is 1.71. The number of carbonyl (C=O) groups excluding carboxylic acids is 1. The first-order valence-corrected chi connectivity index (χ1v) is 8.63. The molecule has 1 amide bonds. The molecular weight excluding hydrogens is 268 g/mol. The lowest BCUT2D eigenvalue weighted by Crippen LogP contribution is -2.52. The topological polar surface area (TPSA) is 41.1 Å². The average Bonchev–Trinajstić information content (AvgIpc) is 2.92. The van der Waals surface area contributed by atoms with Gasteiger partial charge in [-0.1, -0.05) is 13.3 Å². The molecule has 0 aliphatic carbocycles. The van der Waals surface area contributed by atoms with Gasteiger partial charge >= 0.3 is 0 Å². The lowest BCUT2D eigenvalue weighted by Gasteiger charge is -2.37. The maximum Gasteiger partial charge on any atom is 0.227 e. The van der Waals surface area contributed by atoms with E-state index in [0.717, 1.165) is 45.2 Å². The Kier molecular flexibility index (Phi) is 5.61. The van der Waals surface area contributed by atoms with Crippen molar-refractivity contribution in [3.05, 3.63) is 22.4 Å². The Bertz CT molecular complexity index is 405. The quantitative estimate of drug-likeness (QED) is 0.847. The molecule has 20 heavy (non-hydrogen) atoms. The Labute approximate surface area is 126 Å². The van der Waals surface area contributed by atoms with E-state index in [1.54, 1.807) is 11.3 Å². The summed E-state index contributed by atoms with van der Waals surface area (Å²) in [6, 6.07) is 2.34. The van der Waals surface area contributed by atoms with Crippen molar-refractivity contribution in [2.75, 3.05) is 13.1 Å². The van der Waals surface area contributed by atoms with Crippen molar-refractivity contribution in [3.63, 3.8) is 0 Å². The van der Waals surface area contributed by atoms with Crippen LogP contribution in [0.4, 0.5) is 0 Å². The predicted octanol–water partition coefficient (Wildman–Crippen LogP) is 2.97. The van der Waals surface area contributed by atoms with E-state index >= 15 is 0 Å². The maximum atomic E-state index is 12.7. The van der Waals surface area contributed by atoms with Crippen LogP contribution in [0.1, 0.15) is 45.1 Å². The van der Waals surface area contributed by atoms with E-state index in [-0.39, 0.29) is 17.4 Å². The normalized spacial score (nSPS) is 24.3. The highest BCUT2D eigenvalue weighted by Gasteiger charge is 2.38. The van der Waals surface area contributed by atoms with E-state index in [0.29, 0.717) is 0 Å². The van der Waals surface area contributed by atoms with Crippen molar-refractivity contribution in [2.45, 2.75) is 52.0 Å². The predicted molar refractivity (Wildman–Crippen MR) is 85.1 cm³/mol. The molecule has 1 aromatic heterocycles. The maximum absolute atomic E-state index is 12.7. The van der Waals surface area contributed by atoms with Gasteiger partial charge in [-0.15, -0.1) is 0 Å². The first kappa shape index (κ1) is 15.5. The first-order valence-electron chi connectivity index (χ1n) is 7.69. The van der Waals surface area contributed by atoms with Crippen LogP contribution in [0.2, 0.25) is 0 Å². The van der Waals surface area contributed by atoms with Crippen LogP contribution in [0.25, 0.3) is 0 Å². The minimum absolute atomic E-state index is 0.185. The summed E-state index contributed by atoms with van der Waals surface area (Å²) in [4.78, 5) is 12.7. The molecule has 2 unspecified atom stereocenters. The van der Waals surface area contributed by atoms with Gasteiger partial charge in [-0.2, -0.15) is 11.3 Å². The van der Waals surface area contributed by atoms with Crippen molar-refractivity contribution < 1.29 is 4.79 Å². The molecular formula is C16H26N2OS. The summed E-state index contributed by atoms with van der Waals surface area (Å²) in [5.41, 5.74) is 1.13. The number of thiophene rings is 1. The Morgan fingerprint density at radius 3 is 3.05 bits per heavy atom. The fourth-order valence-corrected chi connectivity index (χ4v) is 3.84. The van der Waals surface area contributed by atoms with Crippen LogP contribution in [0.3, 0.4) is 0 Å². The van der Waals surface area contributed by atoms with Crippen LogP contribution < -0.4 is 10.6 Å². The Hall–Kier alpha value is -0.870. The minimum atomic E-state index is -0.185. The number of hydrogen-bond acceptors (Lipinski definition) is 3. The molecule has 1 aliphatic rings.